The number of hydrogen-bond donors (Lipinski definition) is 2. The van der Waals surface area contributed by atoms with Gasteiger partial charge < -0.3 is 15.8 Å². The Morgan fingerprint density at radius 1 is 1.37 bits per heavy atom. The molecule has 3 nitrogen and oxygen atoms in total. The fourth-order valence-corrected chi connectivity index (χ4v) is 2.60. The molecule has 0 unspecified atom stereocenters. The molecule has 0 spiro atoms. The van der Waals surface area contributed by atoms with Crippen molar-refractivity contribution >= 4 is 11.4 Å². The van der Waals surface area contributed by atoms with Gasteiger partial charge in [-0.1, -0.05) is 13.3 Å². The molecule has 19 heavy (non-hydrogen) atoms. The molecule has 1 fully saturated rings. The molecule has 0 radical (unpaired) electrons. The third-order valence-electron chi connectivity index (χ3n) is 4.22. The van der Waals surface area contributed by atoms with E-state index in [1.807, 2.05) is 6.92 Å². The van der Waals surface area contributed by atoms with Crippen LogP contribution in [0.3, 0.4) is 0 Å². The molecule has 0 amide bonds. The summed E-state index contributed by atoms with van der Waals surface area (Å²) in [6, 6.07) is 2.99. The molecule has 3 N–H and O–H groups in total. The lowest BCUT2D eigenvalue weighted by molar-refractivity contribution is 0.145. The Labute approximate surface area is 114 Å². The number of nitrogen functional groups attached to an aromatic ring is 1. The van der Waals surface area contributed by atoms with Crippen LogP contribution >= 0.6 is 0 Å². The Morgan fingerprint density at radius 2 is 2.11 bits per heavy atom. The molecular formula is C15H23FN2O. The average molecular weight is 266 g/mol. The smallest absolute Gasteiger partial charge is 0.167 e. The van der Waals surface area contributed by atoms with Crippen molar-refractivity contribution in [1.82, 2.24) is 0 Å². The van der Waals surface area contributed by atoms with Gasteiger partial charge in [-0.2, -0.15) is 0 Å². The maximum Gasteiger partial charge on any atom is 0.167 e. The van der Waals surface area contributed by atoms with Gasteiger partial charge in [0.05, 0.1) is 18.0 Å². The number of hydrogen-bond acceptors (Lipinski definition) is 3. The van der Waals surface area contributed by atoms with Crippen LogP contribution in [0.25, 0.3) is 0 Å². The van der Waals surface area contributed by atoms with Crippen molar-refractivity contribution in [3.8, 4) is 5.75 Å². The van der Waals surface area contributed by atoms with Crippen molar-refractivity contribution in [1.29, 1.82) is 0 Å². The summed E-state index contributed by atoms with van der Waals surface area (Å²) in [7, 11) is 0. The standard InChI is InChI=1S/C15H23FN2O/c1-3-15(6-5-7-15)10-18-13-9-14(19-4-2)11(16)8-12(13)17/h8-9,18H,3-7,10,17H2,1-2H3. The van der Waals surface area contributed by atoms with Gasteiger partial charge in [0.25, 0.3) is 0 Å². The summed E-state index contributed by atoms with van der Waals surface area (Å²) in [5.74, 6) is -0.142. The first-order chi connectivity index (χ1) is 9.10. The molecule has 0 aromatic heterocycles. The Kier molecular flexibility index (Phi) is 4.17. The third kappa shape index (κ3) is 2.94. The summed E-state index contributed by atoms with van der Waals surface area (Å²) < 4.78 is 18.9. The van der Waals surface area contributed by atoms with Gasteiger partial charge in [-0.3, -0.25) is 0 Å². The Balaban J connectivity index is 2.08. The fraction of sp³-hybridized carbons (Fsp3) is 0.600. The summed E-state index contributed by atoms with van der Waals surface area (Å²) >= 11 is 0. The van der Waals surface area contributed by atoms with Gasteiger partial charge in [0.15, 0.2) is 11.6 Å². The second-order valence-electron chi connectivity index (χ2n) is 5.36. The van der Waals surface area contributed by atoms with Crippen molar-refractivity contribution in [2.75, 3.05) is 24.2 Å². The lowest BCUT2D eigenvalue weighted by Crippen LogP contribution is -2.36. The predicted molar refractivity (Wildman–Crippen MR) is 77.0 cm³/mol. The molecule has 0 saturated heterocycles. The largest absolute Gasteiger partial charge is 0.491 e. The van der Waals surface area contributed by atoms with Gasteiger partial charge in [-0.05, 0) is 31.6 Å². The molecule has 106 valence electrons. The van der Waals surface area contributed by atoms with Crippen LogP contribution in [0, 0.1) is 11.2 Å². The van der Waals surface area contributed by atoms with E-state index in [1.165, 1.54) is 31.7 Å². The zero-order valence-corrected chi connectivity index (χ0v) is 11.8. The summed E-state index contributed by atoms with van der Waals surface area (Å²) in [4.78, 5) is 0. The van der Waals surface area contributed by atoms with Gasteiger partial charge in [0.2, 0.25) is 0 Å². The Hall–Kier alpha value is -1.45. The SMILES string of the molecule is CCOc1cc(NCC2(CC)CCC2)c(N)cc1F. The van der Waals surface area contributed by atoms with Crippen LogP contribution in [-0.4, -0.2) is 13.2 Å². The highest BCUT2D eigenvalue weighted by atomic mass is 19.1. The minimum Gasteiger partial charge on any atom is -0.491 e. The van der Waals surface area contributed by atoms with Gasteiger partial charge in [0, 0.05) is 18.7 Å². The van der Waals surface area contributed by atoms with Crippen molar-refractivity contribution in [2.45, 2.75) is 39.5 Å². The molecule has 4 heteroatoms. The molecule has 0 aliphatic heterocycles. The maximum absolute atomic E-state index is 13.6. The summed E-state index contributed by atoms with van der Waals surface area (Å²) in [6.07, 6.45) is 4.99. The highest BCUT2D eigenvalue weighted by molar-refractivity contribution is 5.68. The maximum atomic E-state index is 13.6. The van der Waals surface area contributed by atoms with Gasteiger partial charge in [-0.25, -0.2) is 4.39 Å². The predicted octanol–water partition coefficient (Wildman–Crippen LogP) is 3.80. The highest BCUT2D eigenvalue weighted by Crippen LogP contribution is 2.44. The summed E-state index contributed by atoms with van der Waals surface area (Å²) in [6.45, 7) is 5.40. The number of nitrogens with two attached hydrogens (primary N) is 1. The zero-order chi connectivity index (χ0) is 13.9. The van der Waals surface area contributed by atoms with E-state index in [0.29, 0.717) is 17.7 Å². The molecule has 1 saturated carbocycles. The van der Waals surface area contributed by atoms with Crippen molar-refractivity contribution in [3.63, 3.8) is 0 Å². The summed E-state index contributed by atoms with van der Waals surface area (Å²) in [5.41, 5.74) is 7.46. The van der Waals surface area contributed by atoms with E-state index in [9.17, 15) is 4.39 Å². The van der Waals surface area contributed by atoms with E-state index in [-0.39, 0.29) is 5.75 Å². The quantitative estimate of drug-likeness (QED) is 0.770. The molecule has 1 aliphatic rings. The average Bonchev–Trinajstić information content (AvgIpc) is 2.33. The van der Waals surface area contributed by atoms with Gasteiger partial charge >= 0.3 is 0 Å². The number of benzene rings is 1. The second-order valence-corrected chi connectivity index (χ2v) is 5.36. The third-order valence-corrected chi connectivity index (χ3v) is 4.22. The van der Waals surface area contributed by atoms with E-state index in [2.05, 4.69) is 12.2 Å². The first-order valence-corrected chi connectivity index (χ1v) is 7.06. The topological polar surface area (TPSA) is 47.3 Å². The minimum absolute atomic E-state index is 0.262. The first-order valence-electron chi connectivity index (χ1n) is 7.06. The second kappa shape index (κ2) is 5.68. The molecule has 0 bridgehead atoms. The number of nitrogens with one attached hydrogen (secondary N) is 1. The van der Waals surface area contributed by atoms with Crippen LogP contribution in [0.15, 0.2) is 12.1 Å². The monoisotopic (exact) mass is 266 g/mol. The molecule has 0 atom stereocenters. The van der Waals surface area contributed by atoms with Crippen molar-refractivity contribution < 1.29 is 9.13 Å². The van der Waals surface area contributed by atoms with Crippen molar-refractivity contribution in [2.24, 2.45) is 5.41 Å². The fourth-order valence-electron chi connectivity index (χ4n) is 2.60. The van der Waals surface area contributed by atoms with E-state index in [1.54, 1.807) is 6.07 Å². The summed E-state index contributed by atoms with van der Waals surface area (Å²) in [5, 5.41) is 3.36. The van der Waals surface area contributed by atoms with E-state index in [0.717, 1.165) is 12.2 Å². The van der Waals surface area contributed by atoms with E-state index < -0.39 is 5.82 Å². The first kappa shape index (κ1) is 14.0. The van der Waals surface area contributed by atoms with Crippen LogP contribution in [0.5, 0.6) is 5.75 Å². The molecular weight excluding hydrogens is 243 g/mol. The molecule has 1 aromatic carbocycles. The number of ether oxygens (including phenoxy) is 1. The van der Waals surface area contributed by atoms with Gasteiger partial charge in [0.1, 0.15) is 0 Å². The van der Waals surface area contributed by atoms with Crippen LogP contribution in [-0.2, 0) is 0 Å². The number of halogens is 1. The van der Waals surface area contributed by atoms with Gasteiger partial charge in [-0.15, -0.1) is 0 Å². The zero-order valence-electron chi connectivity index (χ0n) is 11.8. The lowest BCUT2D eigenvalue weighted by Gasteiger charge is -2.41. The highest BCUT2D eigenvalue weighted by Gasteiger charge is 2.34. The van der Waals surface area contributed by atoms with E-state index in [4.69, 9.17) is 10.5 Å². The van der Waals surface area contributed by atoms with Crippen LogP contribution < -0.4 is 15.8 Å². The molecule has 1 aromatic rings. The van der Waals surface area contributed by atoms with Crippen LogP contribution in [0.1, 0.15) is 39.5 Å². The van der Waals surface area contributed by atoms with Crippen molar-refractivity contribution in [3.05, 3.63) is 17.9 Å². The number of rotatable bonds is 6. The normalized spacial score (nSPS) is 16.8. The minimum atomic E-state index is -0.404. The molecule has 0 heterocycles. The molecule has 2 rings (SSSR count). The molecule has 1 aliphatic carbocycles. The Morgan fingerprint density at radius 3 is 2.63 bits per heavy atom. The van der Waals surface area contributed by atoms with Crippen LogP contribution in [0.2, 0.25) is 0 Å². The lowest BCUT2D eigenvalue weighted by atomic mass is 9.67. The van der Waals surface area contributed by atoms with Crippen LogP contribution in [0.4, 0.5) is 15.8 Å². The van der Waals surface area contributed by atoms with E-state index >= 15 is 0 Å². The Bertz CT molecular complexity index is 439. The number of anilines is 2.